The molecule has 0 aromatic carbocycles. The molecule has 3 aliphatic rings. The highest BCUT2D eigenvalue weighted by Gasteiger charge is 2.63. The van der Waals surface area contributed by atoms with Crippen molar-refractivity contribution in [2.75, 3.05) is 6.61 Å². The average molecular weight is 194 g/mol. The van der Waals surface area contributed by atoms with Crippen LogP contribution in [0, 0.1) is 29.1 Å². The highest BCUT2D eigenvalue weighted by Crippen LogP contribution is 2.63. The van der Waals surface area contributed by atoms with Crippen molar-refractivity contribution in [3.8, 4) is 0 Å². The summed E-state index contributed by atoms with van der Waals surface area (Å²) in [5.41, 5.74) is -0.0450. The van der Waals surface area contributed by atoms with E-state index in [4.69, 9.17) is 4.74 Å². The number of fused-ring (bicyclic) bond motifs is 3. The number of rotatable bonds is 0. The summed E-state index contributed by atoms with van der Waals surface area (Å²) in [6, 6.07) is 0. The first-order valence-electron chi connectivity index (χ1n) is 5.82. The van der Waals surface area contributed by atoms with E-state index in [2.05, 4.69) is 13.8 Å². The van der Waals surface area contributed by atoms with Crippen LogP contribution in [0.1, 0.15) is 33.1 Å². The van der Waals surface area contributed by atoms with Crippen LogP contribution in [0.15, 0.2) is 0 Å². The van der Waals surface area contributed by atoms with Crippen LogP contribution in [-0.2, 0) is 9.53 Å². The molecular formula is C12H18O2. The number of carbonyl (C=O) groups is 1. The van der Waals surface area contributed by atoms with Crippen LogP contribution >= 0.6 is 0 Å². The lowest BCUT2D eigenvalue weighted by atomic mass is 9.65. The molecule has 2 bridgehead atoms. The Kier molecular flexibility index (Phi) is 1.58. The topological polar surface area (TPSA) is 26.3 Å². The van der Waals surface area contributed by atoms with Gasteiger partial charge in [0.2, 0.25) is 0 Å². The van der Waals surface area contributed by atoms with Gasteiger partial charge < -0.3 is 4.74 Å². The molecule has 0 aromatic heterocycles. The molecule has 1 heterocycles. The third-order valence-corrected chi connectivity index (χ3v) is 5.29. The van der Waals surface area contributed by atoms with E-state index in [1.54, 1.807) is 0 Å². The molecule has 2 aliphatic carbocycles. The van der Waals surface area contributed by atoms with E-state index in [1.807, 2.05) is 0 Å². The zero-order valence-corrected chi connectivity index (χ0v) is 8.95. The quantitative estimate of drug-likeness (QED) is 0.553. The molecule has 1 spiro atoms. The Morgan fingerprint density at radius 3 is 2.64 bits per heavy atom. The Hall–Kier alpha value is -0.530. The van der Waals surface area contributed by atoms with Gasteiger partial charge in [-0.05, 0) is 42.9 Å². The van der Waals surface area contributed by atoms with Crippen LogP contribution in [0.3, 0.4) is 0 Å². The average Bonchev–Trinajstić information content (AvgIpc) is 2.77. The van der Waals surface area contributed by atoms with Crippen molar-refractivity contribution < 1.29 is 9.53 Å². The van der Waals surface area contributed by atoms with Gasteiger partial charge in [-0.25, -0.2) is 0 Å². The lowest BCUT2D eigenvalue weighted by Crippen LogP contribution is -2.38. The van der Waals surface area contributed by atoms with Gasteiger partial charge in [0, 0.05) is 0 Å². The van der Waals surface area contributed by atoms with E-state index in [1.165, 1.54) is 6.42 Å². The fourth-order valence-electron chi connectivity index (χ4n) is 4.26. The number of carbonyl (C=O) groups excluding carboxylic acids is 1. The summed E-state index contributed by atoms with van der Waals surface area (Å²) in [6.45, 7) is 5.34. The van der Waals surface area contributed by atoms with Crippen LogP contribution in [0.2, 0.25) is 0 Å². The minimum absolute atomic E-state index is 0.0450. The molecule has 0 amide bonds. The van der Waals surface area contributed by atoms with Gasteiger partial charge >= 0.3 is 5.97 Å². The van der Waals surface area contributed by atoms with Gasteiger partial charge in [-0.1, -0.05) is 13.8 Å². The Morgan fingerprint density at radius 2 is 2.14 bits per heavy atom. The third kappa shape index (κ3) is 0.807. The Balaban J connectivity index is 1.96. The molecule has 0 N–H and O–H groups in total. The van der Waals surface area contributed by atoms with Gasteiger partial charge in [-0.15, -0.1) is 0 Å². The highest BCUT2D eigenvalue weighted by atomic mass is 16.5. The maximum atomic E-state index is 11.8. The maximum Gasteiger partial charge on any atom is 0.312 e. The minimum atomic E-state index is -0.0450. The maximum absolute atomic E-state index is 11.8. The van der Waals surface area contributed by atoms with Crippen LogP contribution in [0.4, 0.5) is 0 Å². The van der Waals surface area contributed by atoms with Crippen molar-refractivity contribution in [1.29, 1.82) is 0 Å². The van der Waals surface area contributed by atoms with E-state index in [9.17, 15) is 4.79 Å². The first-order valence-corrected chi connectivity index (χ1v) is 5.82. The van der Waals surface area contributed by atoms with Gasteiger partial charge in [0.15, 0.2) is 0 Å². The molecule has 5 unspecified atom stereocenters. The largest absolute Gasteiger partial charge is 0.465 e. The van der Waals surface area contributed by atoms with Gasteiger partial charge in [-0.3, -0.25) is 4.79 Å². The summed E-state index contributed by atoms with van der Waals surface area (Å²) in [4.78, 5) is 11.8. The summed E-state index contributed by atoms with van der Waals surface area (Å²) in [7, 11) is 0. The monoisotopic (exact) mass is 194 g/mol. The smallest absolute Gasteiger partial charge is 0.312 e. The van der Waals surface area contributed by atoms with E-state index in [0.717, 1.165) is 30.6 Å². The lowest BCUT2D eigenvalue weighted by molar-refractivity contribution is -0.150. The lowest BCUT2D eigenvalue weighted by Gasteiger charge is -2.37. The first kappa shape index (κ1) is 8.75. The second-order valence-electron chi connectivity index (χ2n) is 5.57. The molecule has 3 rings (SSSR count). The van der Waals surface area contributed by atoms with Crippen LogP contribution in [0.5, 0.6) is 0 Å². The van der Waals surface area contributed by atoms with Crippen molar-refractivity contribution in [1.82, 2.24) is 0 Å². The Bertz CT molecular complexity index is 284. The molecule has 0 radical (unpaired) electrons. The molecule has 0 aromatic rings. The molecule has 1 saturated heterocycles. The number of ether oxygens (including phenoxy) is 1. The molecule has 2 nitrogen and oxygen atoms in total. The van der Waals surface area contributed by atoms with Crippen LogP contribution < -0.4 is 0 Å². The molecule has 14 heavy (non-hydrogen) atoms. The van der Waals surface area contributed by atoms with Crippen molar-refractivity contribution in [3.05, 3.63) is 0 Å². The third-order valence-electron chi connectivity index (χ3n) is 5.29. The van der Waals surface area contributed by atoms with E-state index in [-0.39, 0.29) is 11.4 Å². The summed E-state index contributed by atoms with van der Waals surface area (Å²) in [5.74, 6) is 3.07. The summed E-state index contributed by atoms with van der Waals surface area (Å²) in [5, 5.41) is 0. The summed E-state index contributed by atoms with van der Waals surface area (Å²) < 4.78 is 5.19. The van der Waals surface area contributed by atoms with E-state index in [0.29, 0.717) is 12.5 Å². The summed E-state index contributed by atoms with van der Waals surface area (Å²) in [6.07, 6.45) is 3.38. The minimum Gasteiger partial charge on any atom is -0.465 e. The summed E-state index contributed by atoms with van der Waals surface area (Å²) >= 11 is 0. The standard InChI is InChI=1S/C12H18O2/c1-7-8(2)10-5-9(7)6-12(10)3-4-14-11(12)13/h7-10H,3-6H2,1-2H3. The zero-order valence-electron chi connectivity index (χ0n) is 8.95. The zero-order chi connectivity index (χ0) is 9.92. The Morgan fingerprint density at radius 1 is 1.36 bits per heavy atom. The Labute approximate surface area is 85.0 Å². The van der Waals surface area contributed by atoms with Gasteiger partial charge in [0.1, 0.15) is 0 Å². The van der Waals surface area contributed by atoms with Crippen molar-refractivity contribution in [2.24, 2.45) is 29.1 Å². The SMILES string of the molecule is CC1C2CC(C1C)C1(CCOC1=O)C2. The first-order chi connectivity index (χ1) is 6.65. The fourth-order valence-corrected chi connectivity index (χ4v) is 4.26. The van der Waals surface area contributed by atoms with Gasteiger partial charge in [0.25, 0.3) is 0 Å². The van der Waals surface area contributed by atoms with Crippen molar-refractivity contribution >= 4 is 5.97 Å². The van der Waals surface area contributed by atoms with Crippen LogP contribution in [-0.4, -0.2) is 12.6 Å². The van der Waals surface area contributed by atoms with Gasteiger partial charge in [0.05, 0.1) is 12.0 Å². The fraction of sp³-hybridized carbons (Fsp3) is 0.917. The predicted octanol–water partition coefficient (Wildman–Crippen LogP) is 2.23. The van der Waals surface area contributed by atoms with E-state index < -0.39 is 0 Å². The predicted molar refractivity (Wildman–Crippen MR) is 52.6 cm³/mol. The van der Waals surface area contributed by atoms with Gasteiger partial charge in [-0.2, -0.15) is 0 Å². The molecule has 78 valence electrons. The number of hydrogen-bond acceptors (Lipinski definition) is 2. The molecule has 1 aliphatic heterocycles. The highest BCUT2D eigenvalue weighted by molar-refractivity contribution is 5.79. The van der Waals surface area contributed by atoms with E-state index >= 15 is 0 Å². The number of hydrogen-bond donors (Lipinski definition) is 0. The van der Waals surface area contributed by atoms with Crippen molar-refractivity contribution in [3.63, 3.8) is 0 Å². The molecule has 2 heteroatoms. The number of esters is 1. The molecule has 2 saturated carbocycles. The second kappa shape index (κ2) is 2.53. The molecule has 3 fully saturated rings. The molecular weight excluding hydrogens is 176 g/mol. The normalized spacial score (nSPS) is 55.7. The number of cyclic esters (lactones) is 1. The molecule has 5 atom stereocenters. The van der Waals surface area contributed by atoms with Crippen molar-refractivity contribution in [2.45, 2.75) is 33.1 Å². The van der Waals surface area contributed by atoms with Crippen LogP contribution in [0.25, 0.3) is 0 Å². The second-order valence-corrected chi connectivity index (χ2v) is 5.57.